The first-order chi connectivity index (χ1) is 16.6. The van der Waals surface area contributed by atoms with E-state index in [1.165, 1.54) is 9.25 Å². The molecule has 1 aromatic carbocycles. The molecule has 3 rings (SSSR count). The maximum Gasteiger partial charge on any atom is 0.322 e. The number of nitrogens with one attached hydrogen (secondary N) is 1. The number of carboxylic acid groups (broad SMARTS) is 1. The molecule has 2 atom stereocenters. The molecule has 35 heavy (non-hydrogen) atoms. The molecular formula is C21H27N7O7. The molecule has 4 N–H and O–H groups in total. The normalized spacial score (nSPS) is 13.1. The number of amides is 1. The number of aliphatic hydroxyl groups excluding tert-OH is 2. The highest BCUT2D eigenvalue weighted by atomic mass is 16.5. The van der Waals surface area contributed by atoms with E-state index in [1.807, 2.05) is 19.9 Å². The summed E-state index contributed by atoms with van der Waals surface area (Å²) >= 11 is 0. The fraction of sp³-hybridized carbons (Fsp3) is 0.476. The zero-order chi connectivity index (χ0) is 25.7. The van der Waals surface area contributed by atoms with Gasteiger partial charge in [0.05, 0.1) is 29.8 Å². The number of tetrazole rings is 1. The number of aliphatic hydroxyl groups is 2. The summed E-state index contributed by atoms with van der Waals surface area (Å²) in [6.07, 6.45) is -2.63. The number of carboxylic acids is 1. The van der Waals surface area contributed by atoms with E-state index in [0.29, 0.717) is 11.0 Å². The smallest absolute Gasteiger partial charge is 0.322 e. The van der Waals surface area contributed by atoms with Gasteiger partial charge in [-0.25, -0.2) is 9.67 Å². The average Bonchev–Trinajstić information content (AvgIpc) is 3.23. The van der Waals surface area contributed by atoms with E-state index in [-0.39, 0.29) is 31.1 Å². The van der Waals surface area contributed by atoms with Crippen molar-refractivity contribution in [2.75, 3.05) is 19.8 Å². The van der Waals surface area contributed by atoms with Gasteiger partial charge >= 0.3 is 5.97 Å². The van der Waals surface area contributed by atoms with Crippen LogP contribution >= 0.6 is 0 Å². The van der Waals surface area contributed by atoms with Crippen molar-refractivity contribution in [2.24, 2.45) is 7.05 Å². The lowest BCUT2D eigenvalue weighted by Gasteiger charge is -2.21. The third kappa shape index (κ3) is 6.23. The second-order valence-electron chi connectivity index (χ2n) is 8.07. The SMILES string of the molecule is Cc1cc2nc(-c3nnnn3C)c(=O)n(C[C@H](O)[C@H](O)CCOCC(=O)NCC(=O)O)c2cc1C. The summed E-state index contributed by atoms with van der Waals surface area (Å²) in [5.41, 5.74) is 2.34. The summed E-state index contributed by atoms with van der Waals surface area (Å²) < 4.78 is 7.77. The summed E-state index contributed by atoms with van der Waals surface area (Å²) in [4.78, 5) is 39.7. The first-order valence-corrected chi connectivity index (χ1v) is 10.8. The Morgan fingerprint density at radius 2 is 1.89 bits per heavy atom. The molecule has 0 spiro atoms. The molecule has 0 aliphatic heterocycles. The van der Waals surface area contributed by atoms with Crippen LogP contribution in [0.25, 0.3) is 22.6 Å². The molecule has 0 saturated carbocycles. The number of aryl methyl sites for hydroxylation is 3. The van der Waals surface area contributed by atoms with Gasteiger partial charge in [0.1, 0.15) is 13.2 Å². The van der Waals surface area contributed by atoms with E-state index in [0.717, 1.165) is 11.1 Å². The summed E-state index contributed by atoms with van der Waals surface area (Å²) in [6.45, 7) is 2.58. The zero-order valence-corrected chi connectivity index (χ0v) is 19.5. The van der Waals surface area contributed by atoms with Gasteiger partial charge < -0.3 is 29.9 Å². The molecule has 2 heterocycles. The van der Waals surface area contributed by atoms with Gasteiger partial charge in [-0.3, -0.25) is 14.4 Å². The number of aromatic nitrogens is 6. The number of hydrogen-bond acceptors (Lipinski definition) is 10. The Kier molecular flexibility index (Phi) is 8.22. The minimum atomic E-state index is -1.34. The number of aliphatic carboxylic acids is 1. The van der Waals surface area contributed by atoms with Gasteiger partial charge in [-0.15, -0.1) is 5.10 Å². The lowest BCUT2D eigenvalue weighted by Crippen LogP contribution is -2.36. The quantitative estimate of drug-likeness (QED) is 0.230. The van der Waals surface area contributed by atoms with Crippen molar-refractivity contribution in [1.82, 2.24) is 35.1 Å². The third-order valence-corrected chi connectivity index (χ3v) is 5.44. The van der Waals surface area contributed by atoms with Crippen molar-refractivity contribution in [3.05, 3.63) is 33.6 Å². The van der Waals surface area contributed by atoms with Crippen molar-refractivity contribution < 1.29 is 29.6 Å². The lowest BCUT2D eigenvalue weighted by atomic mass is 10.1. The number of ether oxygens (including phenoxy) is 1. The highest BCUT2D eigenvalue weighted by Gasteiger charge is 2.23. The van der Waals surface area contributed by atoms with Gasteiger partial charge in [-0.05, 0) is 54.0 Å². The van der Waals surface area contributed by atoms with Gasteiger partial charge in [-0.1, -0.05) is 0 Å². The Labute approximate surface area is 199 Å². The lowest BCUT2D eigenvalue weighted by molar-refractivity contribution is -0.138. The van der Waals surface area contributed by atoms with Crippen LogP contribution in [0, 0.1) is 13.8 Å². The molecule has 0 unspecified atom stereocenters. The number of fused-ring (bicyclic) bond motifs is 1. The molecule has 0 bridgehead atoms. The maximum atomic E-state index is 13.3. The van der Waals surface area contributed by atoms with E-state index in [2.05, 4.69) is 25.8 Å². The molecule has 0 radical (unpaired) electrons. The van der Waals surface area contributed by atoms with Crippen molar-refractivity contribution in [2.45, 2.75) is 39.0 Å². The Bertz CT molecular complexity index is 1290. The van der Waals surface area contributed by atoms with E-state index in [4.69, 9.17) is 9.84 Å². The number of carbonyl (C=O) groups is 2. The van der Waals surface area contributed by atoms with Crippen molar-refractivity contribution in [1.29, 1.82) is 0 Å². The van der Waals surface area contributed by atoms with Crippen LogP contribution in [0.15, 0.2) is 16.9 Å². The largest absolute Gasteiger partial charge is 0.480 e. The molecular weight excluding hydrogens is 462 g/mol. The second-order valence-corrected chi connectivity index (χ2v) is 8.07. The average molecular weight is 489 g/mol. The fourth-order valence-corrected chi connectivity index (χ4v) is 3.35. The summed E-state index contributed by atoms with van der Waals surface area (Å²) in [5.74, 6) is -1.64. The monoisotopic (exact) mass is 489 g/mol. The number of carbonyl (C=O) groups excluding carboxylic acids is 1. The Balaban J connectivity index is 1.77. The molecule has 14 nitrogen and oxygen atoms in total. The summed E-state index contributed by atoms with van der Waals surface area (Å²) in [6, 6.07) is 3.61. The molecule has 0 aliphatic rings. The number of benzene rings is 1. The predicted molar refractivity (Wildman–Crippen MR) is 121 cm³/mol. The minimum absolute atomic E-state index is 0.00523. The van der Waals surface area contributed by atoms with Gasteiger partial charge in [0, 0.05) is 13.7 Å². The van der Waals surface area contributed by atoms with E-state index < -0.39 is 42.8 Å². The second kappa shape index (κ2) is 11.1. The van der Waals surface area contributed by atoms with Gasteiger partial charge in [-0.2, -0.15) is 0 Å². The third-order valence-electron chi connectivity index (χ3n) is 5.44. The van der Waals surface area contributed by atoms with Crippen molar-refractivity contribution in [3.63, 3.8) is 0 Å². The molecule has 2 aromatic heterocycles. The molecule has 0 aliphatic carbocycles. The zero-order valence-electron chi connectivity index (χ0n) is 19.5. The van der Waals surface area contributed by atoms with Crippen LogP contribution in [-0.4, -0.2) is 88.9 Å². The highest BCUT2D eigenvalue weighted by molar-refractivity contribution is 5.82. The number of rotatable bonds is 11. The van der Waals surface area contributed by atoms with Crippen molar-refractivity contribution in [3.8, 4) is 11.5 Å². The summed E-state index contributed by atoms with van der Waals surface area (Å²) in [7, 11) is 1.58. The molecule has 3 aromatic rings. The molecule has 0 fully saturated rings. The molecule has 0 saturated heterocycles. The molecule has 188 valence electrons. The first kappa shape index (κ1) is 25.9. The van der Waals surface area contributed by atoms with Crippen LogP contribution in [0.1, 0.15) is 17.5 Å². The predicted octanol–water partition coefficient (Wildman–Crippen LogP) is -1.47. The number of hydrogen-bond donors (Lipinski definition) is 4. The van der Waals surface area contributed by atoms with Crippen LogP contribution in [-0.2, 0) is 27.9 Å². The minimum Gasteiger partial charge on any atom is -0.480 e. The van der Waals surface area contributed by atoms with Gasteiger partial charge in [0.25, 0.3) is 5.56 Å². The Morgan fingerprint density at radius 3 is 2.54 bits per heavy atom. The van der Waals surface area contributed by atoms with E-state index in [1.54, 1.807) is 13.1 Å². The van der Waals surface area contributed by atoms with Gasteiger partial charge in [0.2, 0.25) is 11.7 Å². The van der Waals surface area contributed by atoms with E-state index in [9.17, 15) is 24.6 Å². The first-order valence-electron chi connectivity index (χ1n) is 10.8. The fourth-order valence-electron chi connectivity index (χ4n) is 3.35. The standard InChI is InChI=1S/C21H27N7O7/c1-11-6-13-14(7-12(11)2)28(21(34)19(23-13)20-24-25-26-27(20)3)9-16(30)15(29)4-5-35-10-17(31)22-8-18(32)33/h6-7,15-16,29-30H,4-5,8-10H2,1-3H3,(H,22,31)(H,32,33)/t15-,16+/m1/s1. The van der Waals surface area contributed by atoms with E-state index >= 15 is 0 Å². The van der Waals surface area contributed by atoms with Crippen molar-refractivity contribution >= 4 is 22.9 Å². The van der Waals surface area contributed by atoms with Gasteiger partial charge in [0.15, 0.2) is 5.69 Å². The van der Waals surface area contributed by atoms with Crippen LogP contribution in [0.2, 0.25) is 0 Å². The Morgan fingerprint density at radius 1 is 1.17 bits per heavy atom. The van der Waals surface area contributed by atoms with Crippen LogP contribution in [0.3, 0.4) is 0 Å². The highest BCUT2D eigenvalue weighted by Crippen LogP contribution is 2.20. The topological polar surface area (TPSA) is 195 Å². The Hall–Kier alpha value is -3.75. The summed E-state index contributed by atoms with van der Waals surface area (Å²) in [5, 5.41) is 42.9. The van der Waals surface area contributed by atoms with Crippen LogP contribution < -0.4 is 10.9 Å². The van der Waals surface area contributed by atoms with Crippen LogP contribution in [0.5, 0.6) is 0 Å². The molecule has 14 heteroatoms. The van der Waals surface area contributed by atoms with Crippen LogP contribution in [0.4, 0.5) is 0 Å². The number of nitrogens with zero attached hydrogens (tertiary/aromatic N) is 6. The molecule has 1 amide bonds. The maximum absolute atomic E-state index is 13.3.